The molecule has 1 heterocycles. The fraction of sp³-hybridized carbons (Fsp3) is 0.125. The van der Waals surface area contributed by atoms with Crippen molar-refractivity contribution in [3.8, 4) is 11.5 Å². The van der Waals surface area contributed by atoms with E-state index in [-0.39, 0.29) is 10.7 Å². The molecular weight excluding hydrogens is 300 g/mol. The van der Waals surface area contributed by atoms with Crippen molar-refractivity contribution >= 4 is 9.84 Å². The second-order valence-electron chi connectivity index (χ2n) is 4.82. The van der Waals surface area contributed by atoms with E-state index in [0.717, 1.165) is 5.56 Å². The topological polar surface area (TPSA) is 73.1 Å². The quantitative estimate of drug-likeness (QED) is 0.739. The van der Waals surface area contributed by atoms with Crippen LogP contribution in [0.1, 0.15) is 18.0 Å². The Morgan fingerprint density at radius 2 is 1.55 bits per heavy atom. The largest absolute Gasteiger partial charge is 0.334 e. The van der Waals surface area contributed by atoms with Gasteiger partial charge in [0.15, 0.2) is 15.7 Å². The van der Waals surface area contributed by atoms with Crippen LogP contribution in [-0.2, 0) is 9.84 Å². The first kappa shape index (κ1) is 14.5. The third-order valence-electron chi connectivity index (χ3n) is 3.36. The van der Waals surface area contributed by atoms with Gasteiger partial charge >= 0.3 is 0 Å². The SMILES string of the molecule is C[C@@H](c1noc(-c2ccccc2)n1)S(=O)(=O)c1ccccc1. The molecule has 1 atom stereocenters. The van der Waals surface area contributed by atoms with Gasteiger partial charge in [0, 0.05) is 5.56 Å². The summed E-state index contributed by atoms with van der Waals surface area (Å²) < 4.78 is 30.3. The zero-order valence-corrected chi connectivity index (χ0v) is 12.7. The first-order chi connectivity index (χ1) is 10.6. The molecule has 0 amide bonds. The first-order valence-electron chi connectivity index (χ1n) is 6.77. The van der Waals surface area contributed by atoms with Gasteiger partial charge in [0.2, 0.25) is 0 Å². The Kier molecular flexibility index (Phi) is 3.77. The van der Waals surface area contributed by atoms with Crippen LogP contribution in [-0.4, -0.2) is 18.6 Å². The number of hydrogen-bond acceptors (Lipinski definition) is 5. The average molecular weight is 314 g/mol. The number of nitrogens with zero attached hydrogens (tertiary/aromatic N) is 2. The highest BCUT2D eigenvalue weighted by atomic mass is 32.2. The number of aromatic nitrogens is 2. The smallest absolute Gasteiger partial charge is 0.257 e. The summed E-state index contributed by atoms with van der Waals surface area (Å²) in [6.45, 7) is 1.56. The van der Waals surface area contributed by atoms with Crippen molar-refractivity contribution in [2.45, 2.75) is 17.1 Å². The number of hydrogen-bond donors (Lipinski definition) is 0. The lowest BCUT2D eigenvalue weighted by atomic mass is 10.2. The molecule has 0 bridgehead atoms. The van der Waals surface area contributed by atoms with Crippen molar-refractivity contribution in [2.75, 3.05) is 0 Å². The van der Waals surface area contributed by atoms with E-state index in [1.165, 1.54) is 0 Å². The monoisotopic (exact) mass is 314 g/mol. The maximum absolute atomic E-state index is 12.6. The number of rotatable bonds is 4. The average Bonchev–Trinajstić information content (AvgIpc) is 3.05. The van der Waals surface area contributed by atoms with Crippen molar-refractivity contribution in [1.29, 1.82) is 0 Å². The van der Waals surface area contributed by atoms with Gasteiger partial charge in [0.1, 0.15) is 5.25 Å². The lowest BCUT2D eigenvalue weighted by molar-refractivity contribution is 0.421. The summed E-state index contributed by atoms with van der Waals surface area (Å²) >= 11 is 0. The molecular formula is C16H14N2O3S. The van der Waals surface area contributed by atoms with Gasteiger partial charge in [-0.05, 0) is 31.2 Å². The van der Waals surface area contributed by atoms with E-state index in [0.29, 0.717) is 5.89 Å². The molecule has 6 heteroatoms. The molecule has 2 aromatic carbocycles. The zero-order chi connectivity index (χ0) is 15.6. The van der Waals surface area contributed by atoms with Gasteiger partial charge in [-0.15, -0.1) is 0 Å². The van der Waals surface area contributed by atoms with Crippen molar-refractivity contribution in [1.82, 2.24) is 10.1 Å². The van der Waals surface area contributed by atoms with Gasteiger partial charge in [-0.25, -0.2) is 8.42 Å². The summed E-state index contributed by atoms with van der Waals surface area (Å²) in [6, 6.07) is 17.5. The van der Waals surface area contributed by atoms with Crippen LogP contribution in [0, 0.1) is 0 Å². The lowest BCUT2D eigenvalue weighted by Gasteiger charge is -2.08. The Balaban J connectivity index is 1.94. The number of sulfone groups is 1. The van der Waals surface area contributed by atoms with Crippen molar-refractivity contribution < 1.29 is 12.9 Å². The predicted octanol–water partition coefficient (Wildman–Crippen LogP) is 3.27. The van der Waals surface area contributed by atoms with Crippen molar-refractivity contribution in [3.05, 3.63) is 66.5 Å². The molecule has 0 radical (unpaired) electrons. The molecule has 0 N–H and O–H groups in total. The Morgan fingerprint density at radius 1 is 0.955 bits per heavy atom. The summed E-state index contributed by atoms with van der Waals surface area (Å²) in [7, 11) is -3.55. The van der Waals surface area contributed by atoms with Crippen LogP contribution in [0.2, 0.25) is 0 Å². The number of benzene rings is 2. The summed E-state index contributed by atoms with van der Waals surface area (Å²) in [5, 5.41) is 2.94. The van der Waals surface area contributed by atoms with Gasteiger partial charge in [-0.2, -0.15) is 4.98 Å². The van der Waals surface area contributed by atoms with E-state index in [2.05, 4.69) is 10.1 Å². The highest BCUT2D eigenvalue weighted by Crippen LogP contribution is 2.28. The van der Waals surface area contributed by atoms with E-state index in [1.54, 1.807) is 37.3 Å². The normalized spacial score (nSPS) is 13.0. The van der Waals surface area contributed by atoms with Crippen LogP contribution >= 0.6 is 0 Å². The van der Waals surface area contributed by atoms with E-state index < -0.39 is 15.1 Å². The molecule has 0 aliphatic rings. The molecule has 5 nitrogen and oxygen atoms in total. The van der Waals surface area contributed by atoms with E-state index >= 15 is 0 Å². The molecule has 0 spiro atoms. The minimum absolute atomic E-state index is 0.155. The third-order valence-corrected chi connectivity index (χ3v) is 5.43. The van der Waals surface area contributed by atoms with Crippen LogP contribution in [0.15, 0.2) is 70.1 Å². The van der Waals surface area contributed by atoms with Gasteiger partial charge < -0.3 is 4.52 Å². The molecule has 0 fully saturated rings. The van der Waals surface area contributed by atoms with Crippen molar-refractivity contribution in [3.63, 3.8) is 0 Å². The van der Waals surface area contributed by atoms with Crippen LogP contribution in [0.25, 0.3) is 11.5 Å². The standard InChI is InChI=1S/C16H14N2O3S/c1-12(22(19,20)14-10-6-3-7-11-14)15-17-16(21-18-15)13-8-4-2-5-9-13/h2-12H,1H3/t12-/m0/s1. The molecule has 22 heavy (non-hydrogen) atoms. The maximum Gasteiger partial charge on any atom is 0.257 e. The van der Waals surface area contributed by atoms with Crippen LogP contribution < -0.4 is 0 Å². The fourth-order valence-electron chi connectivity index (χ4n) is 2.05. The first-order valence-corrected chi connectivity index (χ1v) is 8.31. The van der Waals surface area contributed by atoms with Gasteiger partial charge in [0.25, 0.3) is 5.89 Å². The molecule has 3 rings (SSSR count). The second kappa shape index (κ2) is 5.73. The summed E-state index contributed by atoms with van der Waals surface area (Å²) in [5.41, 5.74) is 0.755. The lowest BCUT2D eigenvalue weighted by Crippen LogP contribution is -2.12. The molecule has 1 aromatic heterocycles. The molecule has 0 aliphatic heterocycles. The van der Waals surface area contributed by atoms with E-state index in [9.17, 15) is 8.42 Å². The minimum atomic E-state index is -3.55. The Morgan fingerprint density at radius 3 is 2.18 bits per heavy atom. The summed E-state index contributed by atoms with van der Waals surface area (Å²) in [6.07, 6.45) is 0. The predicted molar refractivity (Wildman–Crippen MR) is 81.8 cm³/mol. The van der Waals surface area contributed by atoms with Crippen LogP contribution in [0.4, 0.5) is 0 Å². The van der Waals surface area contributed by atoms with Crippen molar-refractivity contribution in [2.24, 2.45) is 0 Å². The Labute approximate surface area is 128 Å². The molecule has 0 aliphatic carbocycles. The zero-order valence-electron chi connectivity index (χ0n) is 11.9. The highest BCUT2D eigenvalue weighted by Gasteiger charge is 2.29. The maximum atomic E-state index is 12.6. The molecule has 112 valence electrons. The van der Waals surface area contributed by atoms with Gasteiger partial charge in [0.05, 0.1) is 4.90 Å². The van der Waals surface area contributed by atoms with Crippen LogP contribution in [0.3, 0.4) is 0 Å². The molecule has 0 unspecified atom stereocenters. The van der Waals surface area contributed by atoms with E-state index in [1.807, 2.05) is 30.3 Å². The Bertz CT molecular complexity index is 859. The second-order valence-corrected chi connectivity index (χ2v) is 7.09. The van der Waals surface area contributed by atoms with Gasteiger partial charge in [-0.3, -0.25) is 0 Å². The van der Waals surface area contributed by atoms with Gasteiger partial charge in [-0.1, -0.05) is 41.6 Å². The summed E-state index contributed by atoms with van der Waals surface area (Å²) in [4.78, 5) is 4.46. The molecule has 0 saturated carbocycles. The highest BCUT2D eigenvalue weighted by molar-refractivity contribution is 7.91. The summed E-state index contributed by atoms with van der Waals surface area (Å²) in [5.74, 6) is 0.466. The Hall–Kier alpha value is -2.47. The van der Waals surface area contributed by atoms with Crippen LogP contribution in [0.5, 0.6) is 0 Å². The fourth-order valence-corrected chi connectivity index (χ4v) is 3.37. The third kappa shape index (κ3) is 2.65. The molecule has 3 aromatic rings. The molecule has 0 saturated heterocycles. The minimum Gasteiger partial charge on any atom is -0.334 e. The van der Waals surface area contributed by atoms with E-state index in [4.69, 9.17) is 4.52 Å².